The van der Waals surface area contributed by atoms with Crippen molar-refractivity contribution >= 4 is 11.8 Å². The van der Waals surface area contributed by atoms with Gasteiger partial charge in [-0.1, -0.05) is 37.6 Å². The van der Waals surface area contributed by atoms with Crippen molar-refractivity contribution in [1.29, 1.82) is 0 Å². The molecule has 3 rings (SSSR count). The second kappa shape index (κ2) is 9.23. The minimum Gasteiger partial charge on any atom is -0.478 e. The molecule has 2 aliphatic rings. The summed E-state index contributed by atoms with van der Waals surface area (Å²) in [4.78, 5) is 23.4. The van der Waals surface area contributed by atoms with Crippen LogP contribution in [0.5, 0.6) is 0 Å². The van der Waals surface area contributed by atoms with Crippen molar-refractivity contribution in [2.45, 2.75) is 70.5 Å². The molecule has 1 aromatic carbocycles. The largest absolute Gasteiger partial charge is 0.478 e. The predicted molar refractivity (Wildman–Crippen MR) is 111 cm³/mol. The molecule has 2 unspecified atom stereocenters. The number of benzene rings is 1. The van der Waals surface area contributed by atoms with Crippen LogP contribution in [-0.2, 0) is 11.2 Å². The summed E-state index contributed by atoms with van der Waals surface area (Å²) in [7, 11) is 0. The molecule has 0 amide bonds. The van der Waals surface area contributed by atoms with Gasteiger partial charge in [-0.15, -0.1) is 0 Å². The summed E-state index contributed by atoms with van der Waals surface area (Å²) in [5, 5.41) is 29.9. The van der Waals surface area contributed by atoms with Gasteiger partial charge < -0.3 is 15.3 Å². The van der Waals surface area contributed by atoms with Crippen LogP contribution in [0.2, 0.25) is 0 Å². The van der Waals surface area contributed by atoms with Crippen LogP contribution in [0.3, 0.4) is 0 Å². The van der Waals surface area contributed by atoms with Crippen LogP contribution in [0.25, 0.3) is 0 Å². The molecule has 29 heavy (non-hydrogen) atoms. The van der Waals surface area contributed by atoms with E-state index in [0.29, 0.717) is 19.3 Å². The highest BCUT2D eigenvalue weighted by Crippen LogP contribution is 2.47. The number of carboxylic acids is 1. The normalized spacial score (nSPS) is 27.1. The standard InChI is InChI=1S/C24H32O5/c1-2-24(13-4-14-24)22(27)6-3-5-18-19(21(26)15-20(18)25)12-9-16-7-10-17(11-8-16)23(28)29/h3,5,7-8,10-11,18-20,22,25,27H,2,4,6,9,12-15H2,1H3,(H,28,29)/b5-3+/t18-,19-,20?,22?/m1/s1. The molecular weight excluding hydrogens is 368 g/mol. The molecule has 2 aliphatic carbocycles. The summed E-state index contributed by atoms with van der Waals surface area (Å²) >= 11 is 0. The molecule has 0 heterocycles. The van der Waals surface area contributed by atoms with Crippen LogP contribution >= 0.6 is 0 Å². The number of carbonyl (C=O) groups is 2. The number of aromatic carboxylic acids is 1. The Morgan fingerprint density at radius 3 is 2.52 bits per heavy atom. The zero-order valence-corrected chi connectivity index (χ0v) is 17.1. The molecule has 0 bridgehead atoms. The molecule has 2 saturated carbocycles. The minimum atomic E-state index is -0.954. The quantitative estimate of drug-likeness (QED) is 0.549. The second-order valence-electron chi connectivity index (χ2n) is 8.71. The number of aliphatic hydroxyl groups excluding tert-OH is 2. The van der Waals surface area contributed by atoms with E-state index in [1.54, 1.807) is 24.3 Å². The maximum Gasteiger partial charge on any atom is 0.335 e. The average molecular weight is 401 g/mol. The maximum atomic E-state index is 12.4. The first-order valence-electron chi connectivity index (χ1n) is 10.7. The van der Waals surface area contributed by atoms with Crippen LogP contribution in [0.15, 0.2) is 36.4 Å². The number of aliphatic hydroxyl groups is 2. The van der Waals surface area contributed by atoms with Gasteiger partial charge in [-0.2, -0.15) is 0 Å². The van der Waals surface area contributed by atoms with Crippen molar-refractivity contribution in [1.82, 2.24) is 0 Å². The molecule has 0 aromatic heterocycles. The van der Waals surface area contributed by atoms with Crippen molar-refractivity contribution in [3.8, 4) is 0 Å². The van der Waals surface area contributed by atoms with E-state index < -0.39 is 12.1 Å². The summed E-state index contributed by atoms with van der Waals surface area (Å²) in [5.74, 6) is -1.32. The maximum absolute atomic E-state index is 12.4. The van der Waals surface area contributed by atoms with Crippen LogP contribution in [0.4, 0.5) is 0 Å². The van der Waals surface area contributed by atoms with Crippen molar-refractivity contribution in [2.24, 2.45) is 17.3 Å². The van der Waals surface area contributed by atoms with E-state index in [-0.39, 0.29) is 41.1 Å². The van der Waals surface area contributed by atoms with E-state index in [1.807, 2.05) is 12.2 Å². The monoisotopic (exact) mass is 400 g/mol. The van der Waals surface area contributed by atoms with Crippen molar-refractivity contribution < 1.29 is 24.9 Å². The van der Waals surface area contributed by atoms with Gasteiger partial charge >= 0.3 is 5.97 Å². The lowest BCUT2D eigenvalue weighted by Crippen LogP contribution is -2.40. The molecule has 3 N–H and O–H groups in total. The number of hydrogen-bond acceptors (Lipinski definition) is 4. The molecule has 0 radical (unpaired) electrons. The Bertz CT molecular complexity index is 742. The first kappa shape index (κ1) is 21.7. The highest BCUT2D eigenvalue weighted by atomic mass is 16.4. The Kier molecular flexibility index (Phi) is 6.91. The van der Waals surface area contributed by atoms with Gasteiger partial charge in [-0.05, 0) is 61.6 Å². The molecule has 4 atom stereocenters. The molecule has 5 heteroatoms. The topological polar surface area (TPSA) is 94.8 Å². The van der Waals surface area contributed by atoms with Crippen LogP contribution in [0.1, 0.15) is 67.8 Å². The van der Waals surface area contributed by atoms with Gasteiger partial charge in [-0.25, -0.2) is 4.79 Å². The van der Waals surface area contributed by atoms with Gasteiger partial charge in [0.25, 0.3) is 0 Å². The summed E-state index contributed by atoms with van der Waals surface area (Å²) in [5.41, 5.74) is 1.28. The molecule has 5 nitrogen and oxygen atoms in total. The molecule has 0 spiro atoms. The molecule has 0 aliphatic heterocycles. The van der Waals surface area contributed by atoms with E-state index in [1.165, 1.54) is 6.42 Å². The van der Waals surface area contributed by atoms with Crippen molar-refractivity contribution in [2.75, 3.05) is 0 Å². The van der Waals surface area contributed by atoms with Crippen LogP contribution in [-0.4, -0.2) is 39.3 Å². The van der Waals surface area contributed by atoms with E-state index in [2.05, 4.69) is 6.92 Å². The van der Waals surface area contributed by atoms with E-state index in [4.69, 9.17) is 5.11 Å². The number of Topliss-reactive ketones (excluding diaryl/α,β-unsaturated/α-hetero) is 1. The summed E-state index contributed by atoms with van der Waals surface area (Å²) in [6.07, 6.45) is 9.19. The van der Waals surface area contributed by atoms with Gasteiger partial charge in [0.05, 0.1) is 17.8 Å². The fourth-order valence-corrected chi connectivity index (χ4v) is 4.90. The third-order valence-corrected chi connectivity index (χ3v) is 7.16. The molecule has 158 valence electrons. The van der Waals surface area contributed by atoms with Gasteiger partial charge in [0.1, 0.15) is 5.78 Å². The molecule has 2 fully saturated rings. The lowest BCUT2D eigenvalue weighted by molar-refractivity contribution is -0.121. The fourth-order valence-electron chi connectivity index (χ4n) is 4.90. The zero-order chi connectivity index (χ0) is 21.0. The first-order chi connectivity index (χ1) is 13.9. The number of ketones is 1. The predicted octanol–water partition coefficient (Wildman–Crippen LogP) is 3.77. The van der Waals surface area contributed by atoms with Gasteiger partial charge in [0, 0.05) is 18.3 Å². The van der Waals surface area contributed by atoms with Gasteiger partial charge in [0.2, 0.25) is 0 Å². The van der Waals surface area contributed by atoms with Crippen LogP contribution in [0, 0.1) is 17.3 Å². The highest BCUT2D eigenvalue weighted by molar-refractivity contribution is 5.87. The average Bonchev–Trinajstić information content (AvgIpc) is 2.93. The Morgan fingerprint density at radius 1 is 1.28 bits per heavy atom. The molecule has 0 saturated heterocycles. The Balaban J connectivity index is 1.58. The number of rotatable bonds is 9. The highest BCUT2D eigenvalue weighted by Gasteiger charge is 2.42. The third kappa shape index (κ3) is 4.78. The summed E-state index contributed by atoms with van der Waals surface area (Å²) in [6, 6.07) is 6.71. The fraction of sp³-hybridized carbons (Fsp3) is 0.583. The van der Waals surface area contributed by atoms with E-state index >= 15 is 0 Å². The summed E-state index contributed by atoms with van der Waals surface area (Å²) in [6.45, 7) is 2.13. The van der Waals surface area contributed by atoms with Crippen molar-refractivity contribution in [3.05, 3.63) is 47.5 Å². The Hall–Kier alpha value is -1.98. The van der Waals surface area contributed by atoms with Crippen molar-refractivity contribution in [3.63, 3.8) is 0 Å². The minimum absolute atomic E-state index is 0.0516. The number of aryl methyl sites for hydroxylation is 1. The zero-order valence-electron chi connectivity index (χ0n) is 17.1. The lowest BCUT2D eigenvalue weighted by atomic mass is 9.63. The third-order valence-electron chi connectivity index (χ3n) is 7.16. The second-order valence-corrected chi connectivity index (χ2v) is 8.71. The SMILES string of the molecule is CCC1(C(O)C/C=C/[C@H]2C(O)CC(=O)[C@@H]2CCc2ccc(C(=O)O)cc2)CCC1. The number of hydrogen-bond donors (Lipinski definition) is 3. The van der Waals surface area contributed by atoms with E-state index in [9.17, 15) is 19.8 Å². The smallest absolute Gasteiger partial charge is 0.335 e. The van der Waals surface area contributed by atoms with Crippen LogP contribution < -0.4 is 0 Å². The molecule has 1 aromatic rings. The summed E-state index contributed by atoms with van der Waals surface area (Å²) < 4.78 is 0. The number of carbonyl (C=O) groups excluding carboxylic acids is 1. The van der Waals surface area contributed by atoms with E-state index in [0.717, 1.165) is 24.8 Å². The first-order valence-corrected chi connectivity index (χ1v) is 10.7. The van der Waals surface area contributed by atoms with Gasteiger partial charge in [0.15, 0.2) is 0 Å². The Labute approximate surface area is 172 Å². The lowest BCUT2D eigenvalue weighted by Gasteiger charge is -2.45. The Morgan fingerprint density at radius 2 is 1.97 bits per heavy atom. The number of carboxylic acid groups (broad SMARTS) is 1. The van der Waals surface area contributed by atoms with Gasteiger partial charge in [-0.3, -0.25) is 4.79 Å². The molecular formula is C24H32O5.